The van der Waals surface area contributed by atoms with E-state index in [1.165, 1.54) is 32.9 Å². The van der Waals surface area contributed by atoms with Gasteiger partial charge in [0, 0.05) is 17.3 Å². The minimum atomic E-state index is -0.625. The van der Waals surface area contributed by atoms with Crippen molar-refractivity contribution < 1.29 is 18.8 Å². The van der Waals surface area contributed by atoms with Crippen molar-refractivity contribution in [2.45, 2.75) is 19.8 Å². The van der Waals surface area contributed by atoms with Gasteiger partial charge in [0.2, 0.25) is 11.8 Å². The second-order valence-corrected chi connectivity index (χ2v) is 7.53. The Hall–Kier alpha value is -2.93. The van der Waals surface area contributed by atoms with Crippen LogP contribution in [0.1, 0.15) is 30.1 Å². The third-order valence-corrected chi connectivity index (χ3v) is 5.15. The predicted octanol–water partition coefficient (Wildman–Crippen LogP) is 3.55. The highest BCUT2D eigenvalue weighted by Gasteiger charge is 2.33. The van der Waals surface area contributed by atoms with E-state index in [1.54, 1.807) is 30.3 Å². The normalized spacial score (nSPS) is 13.6. The molecule has 30 heavy (non-hydrogen) atoms. The summed E-state index contributed by atoms with van der Waals surface area (Å²) in [5, 5.41) is 0.492. The molecular weight excluding hydrogens is 409 g/mol. The summed E-state index contributed by atoms with van der Waals surface area (Å²) >= 11 is 6.00. The van der Waals surface area contributed by atoms with Crippen molar-refractivity contribution in [3.8, 4) is 0 Å². The lowest BCUT2D eigenvalue weighted by atomic mass is 10.1. The van der Waals surface area contributed by atoms with Gasteiger partial charge in [0.1, 0.15) is 25.6 Å². The van der Waals surface area contributed by atoms with Crippen molar-refractivity contribution in [3.05, 3.63) is 64.9 Å². The number of anilines is 1. The van der Waals surface area contributed by atoms with Gasteiger partial charge in [-0.2, -0.15) is 0 Å². The maximum absolute atomic E-state index is 14.1. The van der Waals surface area contributed by atoms with E-state index in [9.17, 15) is 18.8 Å². The molecule has 0 N–H and O–H groups in total. The monoisotopic (exact) mass is 431 g/mol. The lowest BCUT2D eigenvalue weighted by molar-refractivity contribution is -0.132. The maximum atomic E-state index is 14.1. The van der Waals surface area contributed by atoms with E-state index in [2.05, 4.69) is 0 Å². The first-order valence-corrected chi connectivity index (χ1v) is 10.2. The molecule has 0 bridgehead atoms. The number of rotatable bonds is 7. The molecule has 158 valence electrons. The van der Waals surface area contributed by atoms with Crippen molar-refractivity contribution in [2.75, 3.05) is 31.2 Å². The molecule has 0 saturated carbocycles. The molecule has 1 aliphatic heterocycles. The Balaban J connectivity index is 1.72. The molecule has 0 atom stereocenters. The van der Waals surface area contributed by atoms with Crippen LogP contribution in [0.5, 0.6) is 0 Å². The van der Waals surface area contributed by atoms with Gasteiger partial charge in [-0.15, -0.1) is 0 Å². The average Bonchev–Trinajstić information content (AvgIpc) is 3.12. The van der Waals surface area contributed by atoms with Crippen molar-refractivity contribution in [1.29, 1.82) is 0 Å². The number of halogens is 2. The third kappa shape index (κ3) is 4.97. The first-order chi connectivity index (χ1) is 14.4. The van der Waals surface area contributed by atoms with Crippen LogP contribution in [0.3, 0.4) is 0 Å². The van der Waals surface area contributed by atoms with Crippen LogP contribution in [0.25, 0.3) is 0 Å². The van der Waals surface area contributed by atoms with Gasteiger partial charge >= 0.3 is 0 Å². The Morgan fingerprint density at radius 3 is 2.63 bits per heavy atom. The van der Waals surface area contributed by atoms with Crippen molar-refractivity contribution >= 4 is 35.0 Å². The number of hydrogen-bond acceptors (Lipinski definition) is 3. The van der Waals surface area contributed by atoms with Crippen LogP contribution in [0.2, 0.25) is 5.02 Å². The van der Waals surface area contributed by atoms with Crippen molar-refractivity contribution in [3.63, 3.8) is 0 Å². The fourth-order valence-electron chi connectivity index (χ4n) is 3.25. The minimum Gasteiger partial charge on any atom is -0.329 e. The molecule has 2 aromatic rings. The molecule has 8 heteroatoms. The number of carbonyl (C=O) groups is 3. The highest BCUT2D eigenvalue weighted by Crippen LogP contribution is 2.23. The summed E-state index contributed by atoms with van der Waals surface area (Å²) in [6.07, 6.45) is 1.50. The quantitative estimate of drug-likeness (QED) is 0.673. The lowest BCUT2D eigenvalue weighted by Crippen LogP contribution is -2.43. The Morgan fingerprint density at radius 2 is 1.93 bits per heavy atom. The summed E-state index contributed by atoms with van der Waals surface area (Å²) in [5.74, 6) is -1.76. The Kier molecular flexibility index (Phi) is 7.05. The lowest BCUT2D eigenvalue weighted by Gasteiger charge is -2.25. The Labute approximate surface area is 179 Å². The molecule has 1 heterocycles. The SMILES string of the molecule is CCCCN(CC(=O)N1CC(=O)N(c2cccc(Cl)c2)C1)C(=O)c1ccccc1F. The fourth-order valence-corrected chi connectivity index (χ4v) is 3.44. The molecule has 0 unspecified atom stereocenters. The van der Waals surface area contributed by atoms with E-state index in [0.29, 0.717) is 23.7 Å². The van der Waals surface area contributed by atoms with Gasteiger partial charge in [-0.05, 0) is 36.8 Å². The van der Waals surface area contributed by atoms with Gasteiger partial charge in [0.05, 0.1) is 5.56 Å². The molecule has 3 rings (SSSR count). The molecule has 3 amide bonds. The van der Waals surface area contributed by atoms with Crippen molar-refractivity contribution in [1.82, 2.24) is 9.80 Å². The Morgan fingerprint density at radius 1 is 1.17 bits per heavy atom. The van der Waals surface area contributed by atoms with E-state index in [4.69, 9.17) is 11.6 Å². The topological polar surface area (TPSA) is 60.9 Å². The van der Waals surface area contributed by atoms with Crippen LogP contribution >= 0.6 is 11.6 Å². The van der Waals surface area contributed by atoms with Gasteiger partial charge in [-0.3, -0.25) is 19.3 Å². The smallest absolute Gasteiger partial charge is 0.257 e. The summed E-state index contributed by atoms with van der Waals surface area (Å²) in [5.41, 5.74) is 0.535. The molecule has 6 nitrogen and oxygen atoms in total. The van der Waals surface area contributed by atoms with Gasteiger partial charge in [0.25, 0.3) is 5.91 Å². The molecule has 2 aromatic carbocycles. The zero-order valence-electron chi connectivity index (χ0n) is 16.7. The number of carbonyl (C=O) groups excluding carboxylic acids is 3. The first-order valence-electron chi connectivity index (χ1n) is 9.78. The number of nitrogens with zero attached hydrogens (tertiary/aromatic N) is 3. The average molecular weight is 432 g/mol. The maximum Gasteiger partial charge on any atom is 0.257 e. The molecule has 0 aromatic heterocycles. The number of hydrogen-bond donors (Lipinski definition) is 0. The van der Waals surface area contributed by atoms with Crippen LogP contribution in [-0.4, -0.2) is 53.8 Å². The molecular formula is C22H23ClFN3O3. The minimum absolute atomic E-state index is 0.0699. The van der Waals surface area contributed by atoms with E-state index < -0.39 is 11.7 Å². The van der Waals surface area contributed by atoms with E-state index >= 15 is 0 Å². The van der Waals surface area contributed by atoms with Crippen LogP contribution in [0.15, 0.2) is 48.5 Å². The van der Waals surface area contributed by atoms with E-state index in [-0.39, 0.29) is 37.1 Å². The van der Waals surface area contributed by atoms with Crippen LogP contribution in [0, 0.1) is 5.82 Å². The van der Waals surface area contributed by atoms with Gasteiger partial charge in [-0.25, -0.2) is 4.39 Å². The standard InChI is InChI=1S/C22H23ClFN3O3/c1-2-3-11-25(22(30)18-9-4-5-10-19(18)24)13-20(28)26-14-21(29)27(15-26)17-8-6-7-16(23)12-17/h4-10,12H,2-3,11,13-15H2,1H3. The van der Waals surface area contributed by atoms with Gasteiger partial charge < -0.3 is 9.80 Å². The van der Waals surface area contributed by atoms with E-state index in [1.807, 2.05) is 6.92 Å². The summed E-state index contributed by atoms with van der Waals surface area (Å²) in [4.78, 5) is 42.3. The van der Waals surface area contributed by atoms with Crippen LogP contribution in [0.4, 0.5) is 10.1 Å². The van der Waals surface area contributed by atoms with Crippen LogP contribution < -0.4 is 4.90 Å². The zero-order chi connectivity index (χ0) is 21.7. The number of amides is 3. The van der Waals surface area contributed by atoms with Gasteiger partial charge in [0.15, 0.2) is 0 Å². The highest BCUT2D eigenvalue weighted by atomic mass is 35.5. The molecule has 0 spiro atoms. The second kappa shape index (κ2) is 9.71. The number of unbranched alkanes of at least 4 members (excludes halogenated alkanes) is 1. The summed E-state index contributed by atoms with van der Waals surface area (Å²) in [7, 11) is 0. The van der Waals surface area contributed by atoms with Crippen LogP contribution in [-0.2, 0) is 9.59 Å². The predicted molar refractivity (Wildman–Crippen MR) is 113 cm³/mol. The molecule has 1 fully saturated rings. The first kappa shape index (κ1) is 21.8. The second-order valence-electron chi connectivity index (χ2n) is 7.09. The Bertz CT molecular complexity index is 953. The fraction of sp³-hybridized carbons (Fsp3) is 0.318. The molecule has 0 radical (unpaired) electrons. The zero-order valence-corrected chi connectivity index (χ0v) is 17.4. The largest absolute Gasteiger partial charge is 0.329 e. The van der Waals surface area contributed by atoms with Gasteiger partial charge in [-0.1, -0.05) is 43.1 Å². The molecule has 0 aliphatic carbocycles. The highest BCUT2D eigenvalue weighted by molar-refractivity contribution is 6.31. The summed E-state index contributed by atoms with van der Waals surface area (Å²) < 4.78 is 14.1. The molecule has 1 saturated heterocycles. The summed E-state index contributed by atoms with van der Waals surface area (Å²) in [6, 6.07) is 12.5. The number of benzene rings is 2. The molecule has 1 aliphatic rings. The summed E-state index contributed by atoms with van der Waals surface area (Å²) in [6.45, 7) is 2.07. The van der Waals surface area contributed by atoms with E-state index in [0.717, 1.165) is 6.42 Å². The third-order valence-electron chi connectivity index (χ3n) is 4.91. The van der Waals surface area contributed by atoms with Crippen molar-refractivity contribution in [2.24, 2.45) is 0 Å².